The van der Waals surface area contributed by atoms with Crippen molar-refractivity contribution in [1.29, 1.82) is 0 Å². The number of likely N-dealkylation sites (N-methyl/N-ethyl adjacent to an activating group) is 1. The molecule has 0 spiro atoms. The third kappa shape index (κ3) is 8.57. The SMILES string of the molecule is CCOc1ccc(S(=O)(=O)N(CC(=O)N(Cc2ccc(Cl)cc2Cl)C(Cc2ccccc2)C(=O)NC)c2ccc(C)cc2)cc1. The standard InChI is InChI=1S/C34H35Cl2N3O5S/c1-4-44-29-16-18-30(19-17-29)45(42,43)39(28-14-10-24(2)11-15-28)23-33(40)38(22-26-12-13-27(35)21-31(26)36)32(34(41)37-3)20-25-8-6-5-7-9-25/h5-19,21,32H,4,20,22-23H2,1-3H3,(H,37,41). The van der Waals surface area contributed by atoms with E-state index in [2.05, 4.69) is 5.32 Å². The zero-order valence-corrected chi connectivity index (χ0v) is 27.6. The minimum Gasteiger partial charge on any atom is -0.494 e. The molecule has 0 heterocycles. The average molecular weight is 669 g/mol. The molecular formula is C34H35Cl2N3O5S. The Morgan fingerprint density at radius 1 is 0.911 bits per heavy atom. The normalized spacial score (nSPS) is 11.8. The van der Waals surface area contributed by atoms with Crippen LogP contribution in [0.1, 0.15) is 23.6 Å². The number of benzene rings is 4. The number of anilines is 1. The van der Waals surface area contributed by atoms with Gasteiger partial charge in [-0.1, -0.05) is 77.3 Å². The maximum Gasteiger partial charge on any atom is 0.264 e. The lowest BCUT2D eigenvalue weighted by Crippen LogP contribution is -2.53. The summed E-state index contributed by atoms with van der Waals surface area (Å²) in [5.74, 6) is -0.482. The van der Waals surface area contributed by atoms with Gasteiger partial charge in [-0.3, -0.25) is 13.9 Å². The summed E-state index contributed by atoms with van der Waals surface area (Å²) in [6, 6.07) is 26.1. The van der Waals surface area contributed by atoms with Crippen LogP contribution < -0.4 is 14.4 Å². The summed E-state index contributed by atoms with van der Waals surface area (Å²) in [7, 11) is -2.74. The van der Waals surface area contributed by atoms with Gasteiger partial charge in [-0.15, -0.1) is 0 Å². The maximum absolute atomic E-state index is 14.4. The number of hydrogen-bond acceptors (Lipinski definition) is 5. The van der Waals surface area contributed by atoms with Gasteiger partial charge in [0.1, 0.15) is 18.3 Å². The fourth-order valence-electron chi connectivity index (χ4n) is 4.80. The first kappa shape index (κ1) is 33.8. The van der Waals surface area contributed by atoms with Gasteiger partial charge in [0, 0.05) is 30.1 Å². The van der Waals surface area contributed by atoms with E-state index >= 15 is 0 Å². The molecule has 45 heavy (non-hydrogen) atoms. The lowest BCUT2D eigenvalue weighted by molar-refractivity contribution is -0.139. The van der Waals surface area contributed by atoms with Crippen LogP contribution in [0.2, 0.25) is 10.0 Å². The number of hydrogen-bond donors (Lipinski definition) is 1. The second-order valence-corrected chi connectivity index (χ2v) is 13.0. The van der Waals surface area contributed by atoms with Crippen molar-refractivity contribution >= 4 is 50.7 Å². The fraction of sp³-hybridized carbons (Fsp3) is 0.235. The molecule has 4 aromatic carbocycles. The van der Waals surface area contributed by atoms with E-state index in [4.69, 9.17) is 27.9 Å². The molecule has 4 aromatic rings. The highest BCUT2D eigenvalue weighted by molar-refractivity contribution is 7.92. The number of nitrogens with one attached hydrogen (secondary N) is 1. The van der Waals surface area contributed by atoms with E-state index in [9.17, 15) is 18.0 Å². The Bertz CT molecular complexity index is 1720. The maximum atomic E-state index is 14.4. The monoisotopic (exact) mass is 667 g/mol. The summed E-state index contributed by atoms with van der Waals surface area (Å²) in [6.45, 7) is 3.51. The van der Waals surface area contributed by atoms with Crippen LogP contribution in [-0.4, -0.2) is 51.4 Å². The van der Waals surface area contributed by atoms with Gasteiger partial charge in [-0.25, -0.2) is 8.42 Å². The zero-order chi connectivity index (χ0) is 32.6. The lowest BCUT2D eigenvalue weighted by atomic mass is 10.0. The van der Waals surface area contributed by atoms with Crippen molar-refractivity contribution < 1.29 is 22.7 Å². The van der Waals surface area contributed by atoms with E-state index in [0.29, 0.717) is 33.7 Å². The third-order valence-electron chi connectivity index (χ3n) is 7.20. The fourth-order valence-corrected chi connectivity index (χ4v) is 6.68. The van der Waals surface area contributed by atoms with Gasteiger partial charge in [0.05, 0.1) is 17.2 Å². The highest BCUT2D eigenvalue weighted by atomic mass is 35.5. The van der Waals surface area contributed by atoms with Crippen molar-refractivity contribution in [3.8, 4) is 5.75 Å². The minimum absolute atomic E-state index is 0.0150. The summed E-state index contributed by atoms with van der Waals surface area (Å²) < 4.78 is 34.8. The van der Waals surface area contributed by atoms with Gasteiger partial charge < -0.3 is 15.0 Å². The molecule has 1 unspecified atom stereocenters. The second-order valence-electron chi connectivity index (χ2n) is 10.3. The van der Waals surface area contributed by atoms with Crippen LogP contribution in [0.25, 0.3) is 0 Å². The largest absolute Gasteiger partial charge is 0.494 e. The molecule has 0 saturated heterocycles. The molecule has 0 fully saturated rings. The Labute approximate surface area is 274 Å². The predicted octanol–water partition coefficient (Wildman–Crippen LogP) is 6.28. The number of sulfonamides is 1. The first-order valence-corrected chi connectivity index (χ1v) is 16.5. The number of aryl methyl sites for hydroxylation is 1. The molecule has 8 nitrogen and oxygen atoms in total. The molecule has 0 aliphatic heterocycles. The van der Waals surface area contributed by atoms with E-state index in [1.807, 2.05) is 44.2 Å². The molecule has 236 valence electrons. The number of rotatable bonds is 13. The van der Waals surface area contributed by atoms with Crippen molar-refractivity contribution in [2.24, 2.45) is 0 Å². The second kappa shape index (κ2) is 15.3. The number of halogens is 2. The van der Waals surface area contributed by atoms with Gasteiger partial charge in [0.25, 0.3) is 10.0 Å². The Balaban J connectivity index is 1.79. The molecule has 0 aliphatic rings. The third-order valence-corrected chi connectivity index (χ3v) is 9.57. The van der Waals surface area contributed by atoms with E-state index in [0.717, 1.165) is 15.4 Å². The molecule has 1 atom stereocenters. The van der Waals surface area contributed by atoms with Crippen molar-refractivity contribution in [3.05, 3.63) is 124 Å². The minimum atomic E-state index is -4.24. The van der Waals surface area contributed by atoms with Crippen LogP contribution in [0.4, 0.5) is 5.69 Å². The topological polar surface area (TPSA) is 96.0 Å². The molecule has 0 bridgehead atoms. The zero-order valence-electron chi connectivity index (χ0n) is 25.2. The van der Waals surface area contributed by atoms with Gasteiger partial charge in [-0.2, -0.15) is 0 Å². The number of amides is 2. The summed E-state index contributed by atoms with van der Waals surface area (Å²) in [4.78, 5) is 29.1. The first-order chi connectivity index (χ1) is 21.5. The molecular weight excluding hydrogens is 633 g/mol. The van der Waals surface area contributed by atoms with Crippen LogP contribution in [0.15, 0.2) is 102 Å². The molecule has 0 radical (unpaired) electrons. The quantitative estimate of drug-likeness (QED) is 0.181. The van der Waals surface area contributed by atoms with Crippen molar-refractivity contribution in [1.82, 2.24) is 10.2 Å². The van der Waals surface area contributed by atoms with E-state index < -0.39 is 34.4 Å². The number of carbonyl (C=O) groups is 2. The van der Waals surface area contributed by atoms with Crippen LogP contribution in [0.3, 0.4) is 0 Å². The Morgan fingerprint density at radius 3 is 2.18 bits per heavy atom. The summed E-state index contributed by atoms with van der Waals surface area (Å²) in [5.41, 5.74) is 2.59. The highest BCUT2D eigenvalue weighted by Crippen LogP contribution is 2.28. The van der Waals surface area contributed by atoms with E-state index in [1.165, 1.54) is 24.1 Å². The average Bonchev–Trinajstić information content (AvgIpc) is 3.03. The van der Waals surface area contributed by atoms with E-state index in [1.54, 1.807) is 54.6 Å². The Hall–Kier alpha value is -4.05. The van der Waals surface area contributed by atoms with Gasteiger partial charge in [0.15, 0.2) is 0 Å². The van der Waals surface area contributed by atoms with Gasteiger partial charge in [-0.05, 0) is 73.5 Å². The highest BCUT2D eigenvalue weighted by Gasteiger charge is 2.34. The molecule has 11 heteroatoms. The molecule has 0 saturated carbocycles. The van der Waals surface area contributed by atoms with Crippen molar-refractivity contribution in [3.63, 3.8) is 0 Å². The number of carbonyl (C=O) groups excluding carboxylic acids is 2. The smallest absolute Gasteiger partial charge is 0.264 e. The summed E-state index contributed by atoms with van der Waals surface area (Å²) >= 11 is 12.7. The summed E-state index contributed by atoms with van der Waals surface area (Å²) in [5, 5.41) is 3.39. The van der Waals surface area contributed by atoms with Crippen LogP contribution in [-0.2, 0) is 32.6 Å². The van der Waals surface area contributed by atoms with Crippen LogP contribution >= 0.6 is 23.2 Å². The lowest BCUT2D eigenvalue weighted by Gasteiger charge is -2.33. The van der Waals surface area contributed by atoms with Gasteiger partial charge >= 0.3 is 0 Å². The molecule has 1 N–H and O–H groups in total. The van der Waals surface area contributed by atoms with Crippen molar-refractivity contribution in [2.45, 2.75) is 37.8 Å². The van der Waals surface area contributed by atoms with E-state index in [-0.39, 0.29) is 17.9 Å². The van der Waals surface area contributed by atoms with Crippen molar-refractivity contribution in [2.75, 3.05) is 24.5 Å². The molecule has 0 aliphatic carbocycles. The molecule has 4 rings (SSSR count). The molecule has 0 aromatic heterocycles. The number of ether oxygens (including phenoxy) is 1. The van der Waals surface area contributed by atoms with Gasteiger partial charge in [0.2, 0.25) is 11.8 Å². The van der Waals surface area contributed by atoms with Crippen LogP contribution in [0, 0.1) is 6.92 Å². The Kier molecular flexibility index (Phi) is 11.5. The first-order valence-electron chi connectivity index (χ1n) is 14.3. The van der Waals surface area contributed by atoms with Crippen LogP contribution in [0.5, 0.6) is 5.75 Å². The summed E-state index contributed by atoms with van der Waals surface area (Å²) in [6.07, 6.45) is 0.188. The predicted molar refractivity (Wildman–Crippen MR) is 178 cm³/mol. The number of nitrogens with zero attached hydrogens (tertiary/aromatic N) is 2. The molecule has 2 amide bonds. The Morgan fingerprint density at radius 2 is 1.58 bits per heavy atom.